The number of nitrogens with zero attached hydrogens (tertiary/aromatic N) is 3. The molecule has 9 heteroatoms. The van der Waals surface area contributed by atoms with E-state index in [0.29, 0.717) is 19.6 Å². The topological polar surface area (TPSA) is 82.6 Å². The standard InChI is InChI=1S/C16H20N4O3S2/c1-17-25(22,23)14-3-4-15(18-11-14)19-6-2-7-20(9-8-19)16(21)13-5-10-24-12-13/h3-5,10-12,17H,2,6-9H2,1H3. The third kappa shape index (κ3) is 4.00. The summed E-state index contributed by atoms with van der Waals surface area (Å²) < 4.78 is 25.8. The Morgan fingerprint density at radius 1 is 1.20 bits per heavy atom. The van der Waals surface area contributed by atoms with Crippen molar-refractivity contribution >= 4 is 33.1 Å². The fourth-order valence-corrected chi connectivity index (χ4v) is 4.06. The van der Waals surface area contributed by atoms with Gasteiger partial charge in [-0.15, -0.1) is 0 Å². The van der Waals surface area contributed by atoms with Crippen LogP contribution in [0.3, 0.4) is 0 Å². The van der Waals surface area contributed by atoms with E-state index in [1.165, 1.54) is 24.6 Å². The van der Waals surface area contributed by atoms with Gasteiger partial charge < -0.3 is 9.80 Å². The third-order valence-corrected chi connectivity index (χ3v) is 6.26. The van der Waals surface area contributed by atoms with Gasteiger partial charge in [-0.05, 0) is 37.0 Å². The summed E-state index contributed by atoms with van der Waals surface area (Å²) >= 11 is 1.52. The van der Waals surface area contributed by atoms with Crippen LogP contribution in [0, 0.1) is 0 Å². The number of pyridine rings is 1. The number of hydrogen-bond donors (Lipinski definition) is 1. The Labute approximate surface area is 151 Å². The average molecular weight is 380 g/mol. The van der Waals surface area contributed by atoms with Crippen molar-refractivity contribution in [3.8, 4) is 0 Å². The number of anilines is 1. The summed E-state index contributed by atoms with van der Waals surface area (Å²) in [6.07, 6.45) is 2.20. The number of aromatic nitrogens is 1. The molecule has 7 nitrogen and oxygen atoms in total. The Kier molecular flexibility index (Phi) is 5.36. The number of amides is 1. The second kappa shape index (κ2) is 7.51. The van der Waals surface area contributed by atoms with Crippen LogP contribution < -0.4 is 9.62 Å². The lowest BCUT2D eigenvalue weighted by molar-refractivity contribution is 0.0767. The van der Waals surface area contributed by atoms with Crippen LogP contribution in [-0.4, -0.2) is 57.4 Å². The average Bonchev–Trinajstić information content (AvgIpc) is 3.06. The van der Waals surface area contributed by atoms with Crippen LogP contribution in [0.4, 0.5) is 5.82 Å². The van der Waals surface area contributed by atoms with Crippen LogP contribution in [0.1, 0.15) is 16.8 Å². The number of carbonyl (C=O) groups is 1. The predicted molar refractivity (Wildman–Crippen MR) is 97.5 cm³/mol. The van der Waals surface area contributed by atoms with Crippen LogP contribution in [0.15, 0.2) is 40.1 Å². The zero-order valence-corrected chi connectivity index (χ0v) is 15.5. The maximum absolute atomic E-state index is 12.5. The molecule has 0 aromatic carbocycles. The monoisotopic (exact) mass is 380 g/mol. The highest BCUT2D eigenvalue weighted by atomic mass is 32.2. The van der Waals surface area contributed by atoms with Crippen molar-refractivity contribution < 1.29 is 13.2 Å². The van der Waals surface area contributed by atoms with Crippen LogP contribution in [0.25, 0.3) is 0 Å². The van der Waals surface area contributed by atoms with Gasteiger partial charge in [0, 0.05) is 37.8 Å². The molecule has 1 saturated heterocycles. The lowest BCUT2D eigenvalue weighted by atomic mass is 10.3. The van der Waals surface area contributed by atoms with E-state index in [-0.39, 0.29) is 10.8 Å². The molecular formula is C16H20N4O3S2. The molecule has 2 aromatic heterocycles. The van der Waals surface area contributed by atoms with Crippen molar-refractivity contribution in [1.82, 2.24) is 14.6 Å². The molecule has 0 unspecified atom stereocenters. The van der Waals surface area contributed by atoms with Gasteiger partial charge >= 0.3 is 0 Å². The maximum atomic E-state index is 12.5. The molecular weight excluding hydrogens is 360 g/mol. The first kappa shape index (κ1) is 17.8. The van der Waals surface area contributed by atoms with Crippen molar-refractivity contribution in [2.75, 3.05) is 38.1 Å². The fourth-order valence-electron chi connectivity index (χ4n) is 2.75. The Balaban J connectivity index is 1.68. The first-order chi connectivity index (χ1) is 12.0. The highest BCUT2D eigenvalue weighted by Gasteiger charge is 2.21. The van der Waals surface area contributed by atoms with Gasteiger partial charge in [0.2, 0.25) is 10.0 Å². The Hall–Kier alpha value is -1.97. The number of rotatable bonds is 4. The summed E-state index contributed by atoms with van der Waals surface area (Å²) in [7, 11) is -2.11. The van der Waals surface area contributed by atoms with Crippen molar-refractivity contribution in [3.63, 3.8) is 0 Å². The summed E-state index contributed by atoms with van der Waals surface area (Å²) in [5.41, 5.74) is 0.734. The van der Waals surface area contributed by atoms with E-state index in [4.69, 9.17) is 0 Å². The minimum absolute atomic E-state index is 0.0616. The summed E-state index contributed by atoms with van der Waals surface area (Å²) in [4.78, 5) is 20.8. The minimum Gasteiger partial charge on any atom is -0.355 e. The van der Waals surface area contributed by atoms with Gasteiger partial charge in [-0.2, -0.15) is 11.3 Å². The molecule has 25 heavy (non-hydrogen) atoms. The lowest BCUT2D eigenvalue weighted by Gasteiger charge is -2.22. The number of carbonyl (C=O) groups excluding carboxylic acids is 1. The molecule has 0 radical (unpaired) electrons. The van der Waals surface area contributed by atoms with Gasteiger partial charge in [0.05, 0.1) is 5.56 Å². The molecule has 1 amide bonds. The Morgan fingerprint density at radius 2 is 2.04 bits per heavy atom. The Morgan fingerprint density at radius 3 is 2.68 bits per heavy atom. The molecule has 3 heterocycles. The van der Waals surface area contributed by atoms with Gasteiger partial charge in [-0.25, -0.2) is 18.1 Å². The van der Waals surface area contributed by atoms with E-state index >= 15 is 0 Å². The third-order valence-electron chi connectivity index (χ3n) is 4.17. The summed E-state index contributed by atoms with van der Waals surface area (Å²) in [6.45, 7) is 2.77. The molecule has 0 aliphatic carbocycles. The van der Waals surface area contributed by atoms with Gasteiger partial charge in [0.25, 0.3) is 5.91 Å². The molecule has 134 valence electrons. The van der Waals surface area contributed by atoms with Gasteiger partial charge in [0.1, 0.15) is 10.7 Å². The highest BCUT2D eigenvalue weighted by molar-refractivity contribution is 7.89. The van der Waals surface area contributed by atoms with E-state index in [2.05, 4.69) is 14.6 Å². The van der Waals surface area contributed by atoms with Crippen LogP contribution in [-0.2, 0) is 10.0 Å². The smallest absolute Gasteiger partial charge is 0.254 e. The van der Waals surface area contributed by atoms with E-state index in [1.807, 2.05) is 21.7 Å². The summed E-state index contributed by atoms with van der Waals surface area (Å²) in [5.74, 6) is 0.784. The zero-order valence-electron chi connectivity index (χ0n) is 13.9. The molecule has 0 saturated carbocycles. The normalized spacial score (nSPS) is 15.9. The largest absolute Gasteiger partial charge is 0.355 e. The molecule has 2 aromatic rings. The fraction of sp³-hybridized carbons (Fsp3) is 0.375. The van der Waals surface area contributed by atoms with E-state index in [0.717, 1.165) is 24.3 Å². The zero-order chi connectivity index (χ0) is 17.9. The SMILES string of the molecule is CNS(=O)(=O)c1ccc(N2CCCN(C(=O)c3ccsc3)CC2)nc1. The van der Waals surface area contributed by atoms with Crippen LogP contribution in [0.5, 0.6) is 0 Å². The maximum Gasteiger partial charge on any atom is 0.254 e. The predicted octanol–water partition coefficient (Wildman–Crippen LogP) is 1.40. The number of nitrogens with one attached hydrogen (secondary N) is 1. The minimum atomic E-state index is -3.48. The van der Waals surface area contributed by atoms with Gasteiger partial charge in [0.15, 0.2) is 0 Å². The molecule has 3 rings (SSSR count). The first-order valence-corrected chi connectivity index (χ1v) is 10.4. The van der Waals surface area contributed by atoms with E-state index in [1.54, 1.807) is 12.1 Å². The number of thiophene rings is 1. The van der Waals surface area contributed by atoms with Gasteiger partial charge in [-0.3, -0.25) is 4.79 Å². The van der Waals surface area contributed by atoms with Crippen LogP contribution >= 0.6 is 11.3 Å². The molecule has 1 fully saturated rings. The molecule has 1 aliphatic rings. The highest BCUT2D eigenvalue weighted by Crippen LogP contribution is 2.18. The second-order valence-corrected chi connectivity index (χ2v) is 8.37. The van der Waals surface area contributed by atoms with Gasteiger partial charge in [-0.1, -0.05) is 0 Å². The lowest BCUT2D eigenvalue weighted by Crippen LogP contribution is -2.35. The quantitative estimate of drug-likeness (QED) is 0.867. The van der Waals surface area contributed by atoms with Crippen molar-refractivity contribution in [2.24, 2.45) is 0 Å². The number of hydrogen-bond acceptors (Lipinski definition) is 6. The first-order valence-electron chi connectivity index (χ1n) is 7.97. The van der Waals surface area contributed by atoms with Crippen molar-refractivity contribution in [2.45, 2.75) is 11.3 Å². The van der Waals surface area contributed by atoms with Crippen molar-refractivity contribution in [3.05, 3.63) is 40.7 Å². The molecule has 0 bridgehead atoms. The molecule has 0 spiro atoms. The second-order valence-electron chi connectivity index (χ2n) is 5.70. The summed E-state index contributed by atoms with van der Waals surface area (Å²) in [5, 5.41) is 3.77. The molecule has 1 N–H and O–H groups in total. The van der Waals surface area contributed by atoms with Crippen molar-refractivity contribution in [1.29, 1.82) is 0 Å². The van der Waals surface area contributed by atoms with Crippen LogP contribution in [0.2, 0.25) is 0 Å². The number of sulfonamides is 1. The summed E-state index contributed by atoms with van der Waals surface area (Å²) in [6, 6.07) is 5.10. The Bertz CT molecular complexity index is 820. The molecule has 1 aliphatic heterocycles. The van der Waals surface area contributed by atoms with E-state index in [9.17, 15) is 13.2 Å². The molecule has 0 atom stereocenters. The van der Waals surface area contributed by atoms with E-state index < -0.39 is 10.0 Å².